The molecule has 1 aromatic heterocycles. The third kappa shape index (κ3) is 3.93. The Morgan fingerprint density at radius 3 is 2.81 bits per heavy atom. The van der Waals surface area contributed by atoms with Crippen LogP contribution >= 0.6 is 0 Å². The molecular weight excluding hydrogens is 290 g/mol. The zero-order valence-corrected chi connectivity index (χ0v) is 12.2. The van der Waals surface area contributed by atoms with E-state index in [0.29, 0.717) is 18.5 Å². The molecule has 0 aliphatic carbocycles. The molecule has 0 unspecified atom stereocenters. The van der Waals surface area contributed by atoms with Crippen molar-refractivity contribution in [3.63, 3.8) is 0 Å². The second-order valence-corrected chi connectivity index (χ2v) is 6.20. The van der Waals surface area contributed by atoms with Crippen LogP contribution < -0.4 is 10.5 Å². The molecule has 2 aromatic rings. The maximum atomic E-state index is 12.3. The van der Waals surface area contributed by atoms with Crippen molar-refractivity contribution in [3.8, 4) is 0 Å². The molecule has 2 rings (SSSR count). The summed E-state index contributed by atoms with van der Waals surface area (Å²) in [4.78, 5) is 3.73. The SMILES string of the molecule is Nc1ccncc1S(=O)(=O)Nc1cccc(CCCO)c1. The van der Waals surface area contributed by atoms with Gasteiger partial charge in [-0.05, 0) is 36.6 Å². The molecule has 1 heterocycles. The summed E-state index contributed by atoms with van der Waals surface area (Å²) >= 11 is 0. The first-order valence-corrected chi connectivity index (χ1v) is 7.93. The third-order valence-electron chi connectivity index (χ3n) is 2.91. The van der Waals surface area contributed by atoms with Gasteiger partial charge in [0, 0.05) is 24.7 Å². The number of aliphatic hydroxyl groups is 1. The number of aryl methyl sites for hydroxylation is 1. The van der Waals surface area contributed by atoms with E-state index in [-0.39, 0.29) is 17.2 Å². The maximum Gasteiger partial charge on any atom is 0.265 e. The van der Waals surface area contributed by atoms with Gasteiger partial charge < -0.3 is 10.8 Å². The van der Waals surface area contributed by atoms with Gasteiger partial charge in [0.2, 0.25) is 0 Å². The zero-order chi connectivity index (χ0) is 15.3. The van der Waals surface area contributed by atoms with Crippen molar-refractivity contribution in [2.75, 3.05) is 17.1 Å². The molecule has 4 N–H and O–H groups in total. The lowest BCUT2D eigenvalue weighted by Crippen LogP contribution is -2.15. The summed E-state index contributed by atoms with van der Waals surface area (Å²) in [5.41, 5.74) is 7.22. The van der Waals surface area contributed by atoms with Gasteiger partial charge in [-0.2, -0.15) is 0 Å². The molecule has 1 aromatic carbocycles. The first kappa shape index (κ1) is 15.3. The van der Waals surface area contributed by atoms with Crippen LogP contribution in [0.4, 0.5) is 11.4 Å². The largest absolute Gasteiger partial charge is 0.398 e. The molecule has 0 radical (unpaired) electrons. The molecule has 112 valence electrons. The minimum absolute atomic E-state index is 0.0502. The van der Waals surface area contributed by atoms with Crippen LogP contribution in [0.15, 0.2) is 47.6 Å². The van der Waals surface area contributed by atoms with Gasteiger partial charge in [0.05, 0.1) is 5.69 Å². The Hall–Kier alpha value is -2.12. The molecule has 0 bridgehead atoms. The van der Waals surface area contributed by atoms with Crippen LogP contribution in [0.2, 0.25) is 0 Å². The average Bonchev–Trinajstić information content (AvgIpc) is 2.45. The second-order valence-electron chi connectivity index (χ2n) is 4.55. The van der Waals surface area contributed by atoms with Crippen LogP contribution in [0.25, 0.3) is 0 Å². The Kier molecular flexibility index (Phi) is 4.77. The Bertz CT molecular complexity index is 717. The van der Waals surface area contributed by atoms with Gasteiger partial charge in [0.15, 0.2) is 0 Å². The van der Waals surface area contributed by atoms with Crippen molar-refractivity contribution in [2.45, 2.75) is 17.7 Å². The number of anilines is 2. The van der Waals surface area contributed by atoms with E-state index >= 15 is 0 Å². The van der Waals surface area contributed by atoms with Crippen molar-refractivity contribution < 1.29 is 13.5 Å². The lowest BCUT2D eigenvalue weighted by atomic mass is 10.1. The van der Waals surface area contributed by atoms with Gasteiger partial charge >= 0.3 is 0 Å². The summed E-state index contributed by atoms with van der Waals surface area (Å²) in [6.07, 6.45) is 3.96. The Labute approximate surface area is 123 Å². The summed E-state index contributed by atoms with van der Waals surface area (Å²) in [5.74, 6) is 0. The van der Waals surface area contributed by atoms with Crippen LogP contribution in [-0.4, -0.2) is 25.1 Å². The third-order valence-corrected chi connectivity index (χ3v) is 4.33. The van der Waals surface area contributed by atoms with E-state index in [1.54, 1.807) is 18.2 Å². The number of pyridine rings is 1. The van der Waals surface area contributed by atoms with Crippen molar-refractivity contribution in [2.24, 2.45) is 0 Å². The molecule has 0 saturated heterocycles. The molecular formula is C14H17N3O3S. The maximum absolute atomic E-state index is 12.3. The van der Waals surface area contributed by atoms with E-state index in [0.717, 1.165) is 5.56 Å². The molecule has 21 heavy (non-hydrogen) atoms. The van der Waals surface area contributed by atoms with E-state index in [4.69, 9.17) is 10.8 Å². The number of sulfonamides is 1. The van der Waals surface area contributed by atoms with Crippen molar-refractivity contribution in [3.05, 3.63) is 48.3 Å². The molecule has 6 nitrogen and oxygen atoms in total. The van der Waals surface area contributed by atoms with Gasteiger partial charge in [-0.1, -0.05) is 12.1 Å². The van der Waals surface area contributed by atoms with Crippen molar-refractivity contribution in [1.82, 2.24) is 4.98 Å². The van der Waals surface area contributed by atoms with Crippen LogP contribution in [0.5, 0.6) is 0 Å². The first-order chi connectivity index (χ1) is 10.0. The summed E-state index contributed by atoms with van der Waals surface area (Å²) in [7, 11) is -3.77. The Morgan fingerprint density at radius 2 is 2.10 bits per heavy atom. The van der Waals surface area contributed by atoms with Gasteiger partial charge in [-0.25, -0.2) is 8.42 Å². The zero-order valence-electron chi connectivity index (χ0n) is 11.4. The summed E-state index contributed by atoms with van der Waals surface area (Å²) in [5, 5.41) is 8.83. The number of nitrogens with one attached hydrogen (secondary N) is 1. The molecule has 0 amide bonds. The number of benzene rings is 1. The number of nitrogens with zero attached hydrogens (tertiary/aromatic N) is 1. The highest BCUT2D eigenvalue weighted by molar-refractivity contribution is 7.92. The van der Waals surface area contributed by atoms with Gasteiger partial charge in [0.1, 0.15) is 4.90 Å². The molecule has 0 aliphatic rings. The predicted octanol–water partition coefficient (Wildman–Crippen LogP) is 1.39. The molecule has 0 saturated carbocycles. The smallest absolute Gasteiger partial charge is 0.265 e. The molecule has 0 fully saturated rings. The van der Waals surface area contributed by atoms with Crippen LogP contribution in [0, 0.1) is 0 Å². The van der Waals surface area contributed by atoms with E-state index in [9.17, 15) is 8.42 Å². The fraction of sp³-hybridized carbons (Fsp3) is 0.214. The van der Waals surface area contributed by atoms with Gasteiger partial charge in [0.25, 0.3) is 10.0 Å². The quantitative estimate of drug-likeness (QED) is 0.748. The summed E-state index contributed by atoms with van der Waals surface area (Å²) in [6.45, 7) is 0.0994. The summed E-state index contributed by atoms with van der Waals surface area (Å²) < 4.78 is 27.0. The van der Waals surface area contributed by atoms with Crippen LogP contribution in [0.3, 0.4) is 0 Å². The van der Waals surface area contributed by atoms with E-state index in [1.807, 2.05) is 6.07 Å². The predicted molar refractivity (Wildman–Crippen MR) is 81.3 cm³/mol. The molecule has 7 heteroatoms. The number of nitrogen functional groups attached to an aromatic ring is 1. The molecule has 0 atom stereocenters. The number of rotatable bonds is 6. The molecule has 0 aliphatic heterocycles. The van der Waals surface area contributed by atoms with Gasteiger partial charge in [-0.15, -0.1) is 0 Å². The minimum Gasteiger partial charge on any atom is -0.398 e. The lowest BCUT2D eigenvalue weighted by Gasteiger charge is -2.10. The highest BCUT2D eigenvalue weighted by atomic mass is 32.2. The fourth-order valence-electron chi connectivity index (χ4n) is 1.90. The first-order valence-electron chi connectivity index (χ1n) is 6.45. The van der Waals surface area contributed by atoms with E-state index in [1.165, 1.54) is 18.5 Å². The van der Waals surface area contributed by atoms with Gasteiger partial charge in [-0.3, -0.25) is 9.71 Å². The van der Waals surface area contributed by atoms with Crippen LogP contribution in [-0.2, 0) is 16.4 Å². The minimum atomic E-state index is -3.77. The van der Waals surface area contributed by atoms with Crippen LogP contribution in [0.1, 0.15) is 12.0 Å². The topological polar surface area (TPSA) is 105 Å². The highest BCUT2D eigenvalue weighted by Crippen LogP contribution is 2.21. The van der Waals surface area contributed by atoms with E-state index < -0.39 is 10.0 Å². The normalized spacial score (nSPS) is 11.3. The average molecular weight is 307 g/mol. The Morgan fingerprint density at radius 1 is 1.29 bits per heavy atom. The number of aromatic nitrogens is 1. The Balaban J connectivity index is 2.23. The molecule has 0 spiro atoms. The lowest BCUT2D eigenvalue weighted by molar-refractivity contribution is 0.288. The van der Waals surface area contributed by atoms with Crippen molar-refractivity contribution >= 4 is 21.4 Å². The monoisotopic (exact) mass is 307 g/mol. The highest BCUT2D eigenvalue weighted by Gasteiger charge is 2.17. The standard InChI is InChI=1S/C14H17N3O3S/c15-13-6-7-16-10-14(13)21(19,20)17-12-5-1-3-11(9-12)4-2-8-18/h1,3,5-7,9-10,17-18H,2,4,8H2,(H2,15,16). The number of hydrogen-bond donors (Lipinski definition) is 3. The number of aliphatic hydroxyl groups excluding tert-OH is 1. The summed E-state index contributed by atoms with van der Waals surface area (Å²) in [6, 6.07) is 8.47. The van der Waals surface area contributed by atoms with Crippen molar-refractivity contribution in [1.29, 1.82) is 0 Å². The fourth-order valence-corrected chi connectivity index (χ4v) is 3.02. The second kappa shape index (κ2) is 6.55. The number of nitrogens with two attached hydrogens (primary N) is 1. The van der Waals surface area contributed by atoms with E-state index in [2.05, 4.69) is 9.71 Å². The number of hydrogen-bond acceptors (Lipinski definition) is 5.